The topological polar surface area (TPSA) is 84.9 Å². The van der Waals surface area contributed by atoms with E-state index in [1.807, 2.05) is 24.3 Å². The molecular weight excluding hydrogens is 360 g/mol. The van der Waals surface area contributed by atoms with Crippen LogP contribution in [0.2, 0.25) is 0 Å². The highest BCUT2D eigenvalue weighted by atomic mass is 16.5. The van der Waals surface area contributed by atoms with Crippen LogP contribution in [0.4, 0.5) is 5.69 Å². The highest BCUT2D eigenvalue weighted by Gasteiger charge is 2.34. The fourth-order valence-electron chi connectivity index (χ4n) is 3.17. The molecule has 2 aromatic carbocycles. The van der Waals surface area contributed by atoms with E-state index in [9.17, 15) is 14.4 Å². The second-order valence-corrected chi connectivity index (χ2v) is 6.55. The number of hydrogen-bond acceptors (Lipinski definition) is 5. The number of nitrogens with one attached hydrogen (secondary N) is 1. The molecule has 1 atom stereocenters. The van der Waals surface area contributed by atoms with Gasteiger partial charge in [-0.2, -0.15) is 0 Å². The molecule has 0 aromatic heterocycles. The van der Waals surface area contributed by atoms with Crippen molar-refractivity contribution < 1.29 is 23.9 Å². The number of anilines is 1. The van der Waals surface area contributed by atoms with E-state index in [0.717, 1.165) is 11.3 Å². The van der Waals surface area contributed by atoms with E-state index in [-0.39, 0.29) is 23.8 Å². The lowest BCUT2D eigenvalue weighted by Crippen LogP contribution is -2.28. The molecule has 2 amide bonds. The van der Waals surface area contributed by atoms with E-state index in [4.69, 9.17) is 9.47 Å². The molecule has 7 heteroatoms. The molecule has 0 aliphatic carbocycles. The summed E-state index contributed by atoms with van der Waals surface area (Å²) in [6.07, 6.45) is 0.141. The van der Waals surface area contributed by atoms with Crippen LogP contribution < -0.4 is 10.1 Å². The number of benzene rings is 2. The first-order valence-electron chi connectivity index (χ1n) is 8.90. The van der Waals surface area contributed by atoms with Crippen LogP contribution in [0.1, 0.15) is 22.3 Å². The van der Waals surface area contributed by atoms with Crippen molar-refractivity contribution in [3.63, 3.8) is 0 Å². The second-order valence-electron chi connectivity index (χ2n) is 6.55. The first-order valence-corrected chi connectivity index (χ1v) is 8.90. The van der Waals surface area contributed by atoms with Gasteiger partial charge < -0.3 is 19.7 Å². The van der Waals surface area contributed by atoms with Crippen molar-refractivity contribution in [1.29, 1.82) is 0 Å². The average molecular weight is 382 g/mol. The summed E-state index contributed by atoms with van der Waals surface area (Å²) in [6.45, 7) is 0.766. The summed E-state index contributed by atoms with van der Waals surface area (Å²) in [4.78, 5) is 38.5. The lowest BCUT2D eigenvalue weighted by molar-refractivity contribution is -0.128. The van der Waals surface area contributed by atoms with Gasteiger partial charge in [0.05, 0.1) is 31.4 Å². The van der Waals surface area contributed by atoms with E-state index >= 15 is 0 Å². The molecule has 146 valence electrons. The number of amides is 2. The minimum Gasteiger partial charge on any atom is -0.497 e. The molecule has 1 unspecified atom stereocenters. The number of para-hydroxylation sites is 1. The number of methoxy groups -OCH3 is 2. The van der Waals surface area contributed by atoms with Gasteiger partial charge in [-0.25, -0.2) is 4.79 Å². The fraction of sp³-hybridized carbons (Fsp3) is 0.286. The number of hydrogen-bond donors (Lipinski definition) is 1. The summed E-state index contributed by atoms with van der Waals surface area (Å²) in [7, 11) is 2.88. The molecule has 0 bridgehead atoms. The van der Waals surface area contributed by atoms with Crippen molar-refractivity contribution in [3.8, 4) is 5.75 Å². The number of likely N-dealkylation sites (tertiary alicyclic amines) is 1. The van der Waals surface area contributed by atoms with Crippen LogP contribution in [0, 0.1) is 5.92 Å². The van der Waals surface area contributed by atoms with Crippen molar-refractivity contribution in [2.75, 3.05) is 26.1 Å². The Hall–Kier alpha value is -3.35. The Morgan fingerprint density at radius 2 is 1.82 bits per heavy atom. The Balaban J connectivity index is 1.64. The number of rotatable bonds is 6. The summed E-state index contributed by atoms with van der Waals surface area (Å²) in [5.74, 6) is -0.617. The second kappa shape index (κ2) is 8.56. The molecule has 1 aliphatic heterocycles. The van der Waals surface area contributed by atoms with Gasteiger partial charge in [-0.05, 0) is 29.8 Å². The molecule has 0 saturated carbocycles. The average Bonchev–Trinajstić information content (AvgIpc) is 3.09. The predicted molar refractivity (Wildman–Crippen MR) is 103 cm³/mol. The van der Waals surface area contributed by atoms with E-state index in [0.29, 0.717) is 18.8 Å². The normalized spacial score (nSPS) is 16.0. The van der Waals surface area contributed by atoms with Gasteiger partial charge in [0.25, 0.3) is 0 Å². The van der Waals surface area contributed by atoms with Gasteiger partial charge in [0.1, 0.15) is 5.75 Å². The summed E-state index contributed by atoms with van der Waals surface area (Å²) in [5.41, 5.74) is 1.62. The molecule has 7 nitrogen and oxygen atoms in total. The molecule has 0 spiro atoms. The SMILES string of the molecule is COC(=O)c1ccccc1NC(=O)C1CC(=O)N(Cc2ccc(OC)cc2)C1. The Morgan fingerprint density at radius 1 is 1.11 bits per heavy atom. The maximum Gasteiger partial charge on any atom is 0.339 e. The quantitative estimate of drug-likeness (QED) is 0.776. The molecular formula is C21H22N2O5. The number of nitrogens with zero attached hydrogens (tertiary/aromatic N) is 1. The van der Waals surface area contributed by atoms with Crippen LogP contribution >= 0.6 is 0 Å². The zero-order valence-electron chi connectivity index (χ0n) is 15.8. The molecule has 28 heavy (non-hydrogen) atoms. The van der Waals surface area contributed by atoms with Gasteiger partial charge >= 0.3 is 5.97 Å². The number of ether oxygens (including phenoxy) is 2. The molecule has 3 rings (SSSR count). The van der Waals surface area contributed by atoms with Crippen molar-refractivity contribution in [2.24, 2.45) is 5.92 Å². The Morgan fingerprint density at radius 3 is 2.50 bits per heavy atom. The standard InChI is InChI=1S/C21H22N2O5/c1-27-16-9-7-14(8-10-16)12-23-13-15(11-19(23)24)20(25)22-18-6-4-3-5-17(18)21(26)28-2/h3-10,15H,11-13H2,1-2H3,(H,22,25). The van der Waals surface area contributed by atoms with Crippen LogP contribution in [-0.4, -0.2) is 43.4 Å². The third-order valence-corrected chi connectivity index (χ3v) is 4.71. The first-order chi connectivity index (χ1) is 13.5. The maximum absolute atomic E-state index is 12.6. The van der Waals surface area contributed by atoms with E-state index in [2.05, 4.69) is 5.32 Å². The molecule has 2 aromatic rings. The first kappa shape index (κ1) is 19.4. The van der Waals surface area contributed by atoms with Crippen LogP contribution in [0.25, 0.3) is 0 Å². The van der Waals surface area contributed by atoms with Gasteiger partial charge in [-0.15, -0.1) is 0 Å². The Kier molecular flexibility index (Phi) is 5.93. The van der Waals surface area contributed by atoms with Gasteiger partial charge in [0, 0.05) is 19.5 Å². The van der Waals surface area contributed by atoms with Crippen molar-refractivity contribution in [1.82, 2.24) is 4.90 Å². The lowest BCUT2D eigenvalue weighted by atomic mass is 10.1. The zero-order valence-corrected chi connectivity index (χ0v) is 15.8. The summed E-state index contributed by atoms with van der Waals surface area (Å²) in [6, 6.07) is 14.1. The monoisotopic (exact) mass is 382 g/mol. The minimum absolute atomic E-state index is 0.0720. The van der Waals surface area contributed by atoms with Crippen LogP contribution in [0.5, 0.6) is 5.75 Å². The highest BCUT2D eigenvalue weighted by molar-refractivity contribution is 6.03. The van der Waals surface area contributed by atoms with Gasteiger partial charge in [-0.1, -0.05) is 24.3 Å². The molecule has 1 N–H and O–H groups in total. The molecule has 0 radical (unpaired) electrons. The van der Waals surface area contributed by atoms with Crippen molar-refractivity contribution in [3.05, 3.63) is 59.7 Å². The van der Waals surface area contributed by atoms with Gasteiger partial charge in [0.15, 0.2) is 0 Å². The molecule has 1 heterocycles. The molecule has 1 fully saturated rings. The van der Waals surface area contributed by atoms with E-state index in [1.54, 1.807) is 36.3 Å². The third-order valence-electron chi connectivity index (χ3n) is 4.71. The summed E-state index contributed by atoms with van der Waals surface area (Å²) >= 11 is 0. The smallest absolute Gasteiger partial charge is 0.339 e. The van der Waals surface area contributed by atoms with Gasteiger partial charge in [0.2, 0.25) is 11.8 Å². The molecule has 1 saturated heterocycles. The summed E-state index contributed by atoms with van der Waals surface area (Å²) in [5, 5.41) is 2.75. The van der Waals surface area contributed by atoms with Crippen molar-refractivity contribution in [2.45, 2.75) is 13.0 Å². The van der Waals surface area contributed by atoms with Crippen LogP contribution in [-0.2, 0) is 20.9 Å². The van der Waals surface area contributed by atoms with E-state index < -0.39 is 11.9 Å². The van der Waals surface area contributed by atoms with Crippen LogP contribution in [0.15, 0.2) is 48.5 Å². The molecule has 1 aliphatic rings. The fourth-order valence-corrected chi connectivity index (χ4v) is 3.17. The maximum atomic E-state index is 12.6. The van der Waals surface area contributed by atoms with Crippen molar-refractivity contribution >= 4 is 23.5 Å². The Bertz CT molecular complexity index is 879. The third kappa shape index (κ3) is 4.31. The largest absolute Gasteiger partial charge is 0.497 e. The van der Waals surface area contributed by atoms with Gasteiger partial charge in [-0.3, -0.25) is 9.59 Å². The van der Waals surface area contributed by atoms with E-state index in [1.165, 1.54) is 7.11 Å². The summed E-state index contributed by atoms with van der Waals surface area (Å²) < 4.78 is 9.87. The lowest BCUT2D eigenvalue weighted by Gasteiger charge is -2.17. The highest BCUT2D eigenvalue weighted by Crippen LogP contribution is 2.24. The number of esters is 1. The Labute approximate surface area is 163 Å². The number of carbonyl (C=O) groups excluding carboxylic acids is 3. The van der Waals surface area contributed by atoms with Crippen LogP contribution in [0.3, 0.4) is 0 Å². The minimum atomic E-state index is -0.528. The zero-order chi connectivity index (χ0) is 20.1. The number of carbonyl (C=O) groups is 3. The predicted octanol–water partition coefficient (Wildman–Crippen LogP) is 2.47.